The van der Waals surface area contributed by atoms with Gasteiger partial charge in [0.15, 0.2) is 0 Å². The zero-order valence-electron chi connectivity index (χ0n) is 33.9. The predicted octanol–water partition coefficient (Wildman–Crippen LogP) is 11.6. The standard InChI is InChI=1S/C45H87NO5/c1-3-5-7-9-11-13-15-16-17-18-19-20-21-22-23-24-25-26-27-29-31-33-35-37-39-43(49)45(51)46-41(40-47)44(50)42(48)38-36-34-32-30-28-14-12-10-8-6-4-2/h22-23,30,32,41-44,47-50H,3-21,24-29,31,33-40H2,1-2H3,(H,46,51)/b23-22-,32-30+. The van der Waals surface area contributed by atoms with E-state index in [0.29, 0.717) is 12.8 Å². The third kappa shape index (κ3) is 34.3. The Bertz CT molecular complexity index is 772. The number of unbranched alkanes of at least 4 members (excludes halogenated alkanes) is 27. The van der Waals surface area contributed by atoms with Gasteiger partial charge in [-0.1, -0.05) is 186 Å². The van der Waals surface area contributed by atoms with Gasteiger partial charge in [0, 0.05) is 0 Å². The second-order valence-corrected chi connectivity index (χ2v) is 15.4. The Morgan fingerprint density at radius 1 is 0.471 bits per heavy atom. The highest BCUT2D eigenvalue weighted by Gasteiger charge is 2.28. The van der Waals surface area contributed by atoms with E-state index in [1.165, 1.54) is 161 Å². The van der Waals surface area contributed by atoms with Crippen LogP contribution in [0, 0.1) is 0 Å². The van der Waals surface area contributed by atoms with Gasteiger partial charge in [0.2, 0.25) is 5.91 Å². The lowest BCUT2D eigenvalue weighted by Crippen LogP contribution is -2.53. The van der Waals surface area contributed by atoms with E-state index in [0.717, 1.165) is 38.5 Å². The van der Waals surface area contributed by atoms with Crippen molar-refractivity contribution in [1.29, 1.82) is 0 Å². The Kier molecular flexibility index (Phi) is 39.0. The van der Waals surface area contributed by atoms with E-state index in [2.05, 4.69) is 43.5 Å². The number of aliphatic hydroxyl groups excluding tert-OH is 4. The molecule has 0 aromatic rings. The Morgan fingerprint density at radius 2 is 0.804 bits per heavy atom. The number of nitrogens with one attached hydrogen (secondary N) is 1. The molecular weight excluding hydrogens is 634 g/mol. The summed E-state index contributed by atoms with van der Waals surface area (Å²) in [6.07, 6.45) is 45.1. The van der Waals surface area contributed by atoms with Crippen molar-refractivity contribution < 1.29 is 25.2 Å². The molecule has 0 saturated carbocycles. The summed E-state index contributed by atoms with van der Waals surface area (Å²) in [5.74, 6) is -0.596. The molecule has 0 aromatic carbocycles. The Morgan fingerprint density at radius 3 is 1.18 bits per heavy atom. The number of carbonyl (C=O) groups excluding carboxylic acids is 1. The van der Waals surface area contributed by atoms with Gasteiger partial charge in [-0.05, 0) is 64.2 Å². The van der Waals surface area contributed by atoms with E-state index in [1.54, 1.807) is 0 Å². The van der Waals surface area contributed by atoms with Gasteiger partial charge in [0.1, 0.15) is 12.2 Å². The van der Waals surface area contributed by atoms with Gasteiger partial charge in [-0.15, -0.1) is 0 Å². The molecule has 0 aliphatic heterocycles. The molecule has 0 aromatic heterocycles. The lowest BCUT2D eigenvalue weighted by Gasteiger charge is -2.27. The van der Waals surface area contributed by atoms with Crippen molar-refractivity contribution in [2.75, 3.05) is 6.61 Å². The zero-order valence-corrected chi connectivity index (χ0v) is 33.9. The van der Waals surface area contributed by atoms with Crippen molar-refractivity contribution in [3.63, 3.8) is 0 Å². The molecule has 5 N–H and O–H groups in total. The molecule has 1 amide bonds. The average molecular weight is 722 g/mol. The molecule has 302 valence electrons. The molecule has 0 radical (unpaired) electrons. The number of amides is 1. The fourth-order valence-electron chi connectivity index (χ4n) is 6.81. The quantitative estimate of drug-likeness (QED) is 0.0320. The number of hydrogen-bond acceptors (Lipinski definition) is 5. The van der Waals surface area contributed by atoms with Crippen LogP contribution in [-0.2, 0) is 4.79 Å². The fraction of sp³-hybridized carbons (Fsp3) is 0.889. The summed E-state index contributed by atoms with van der Waals surface area (Å²) < 4.78 is 0. The van der Waals surface area contributed by atoms with Crippen molar-refractivity contribution in [2.45, 2.75) is 250 Å². The third-order valence-corrected chi connectivity index (χ3v) is 10.4. The summed E-state index contributed by atoms with van der Waals surface area (Å²) in [5.41, 5.74) is 0. The highest BCUT2D eigenvalue weighted by Crippen LogP contribution is 2.15. The van der Waals surface area contributed by atoms with E-state index < -0.39 is 36.9 Å². The first-order chi connectivity index (χ1) is 25.0. The Hall–Kier alpha value is -1.21. The van der Waals surface area contributed by atoms with Crippen LogP contribution in [0.2, 0.25) is 0 Å². The minimum absolute atomic E-state index is 0.360. The van der Waals surface area contributed by atoms with E-state index in [1.807, 2.05) is 0 Å². The molecule has 51 heavy (non-hydrogen) atoms. The number of rotatable bonds is 40. The van der Waals surface area contributed by atoms with Gasteiger partial charge in [0.25, 0.3) is 0 Å². The van der Waals surface area contributed by atoms with Gasteiger partial charge in [0.05, 0.1) is 18.8 Å². The molecule has 6 heteroatoms. The van der Waals surface area contributed by atoms with Crippen LogP contribution in [-0.4, -0.2) is 57.3 Å². The normalized spacial score (nSPS) is 14.4. The molecule has 0 spiro atoms. The predicted molar refractivity (Wildman–Crippen MR) is 219 cm³/mol. The monoisotopic (exact) mass is 722 g/mol. The minimum Gasteiger partial charge on any atom is -0.394 e. The molecule has 0 rings (SSSR count). The fourth-order valence-corrected chi connectivity index (χ4v) is 6.81. The second kappa shape index (κ2) is 40.0. The van der Waals surface area contributed by atoms with Crippen LogP contribution in [0.25, 0.3) is 0 Å². The maximum atomic E-state index is 12.5. The van der Waals surface area contributed by atoms with Crippen LogP contribution in [0.1, 0.15) is 226 Å². The molecule has 0 aliphatic rings. The number of aliphatic hydroxyl groups is 4. The molecule has 6 nitrogen and oxygen atoms in total. The van der Waals surface area contributed by atoms with Gasteiger partial charge in [-0.2, -0.15) is 0 Å². The van der Waals surface area contributed by atoms with Crippen LogP contribution < -0.4 is 5.32 Å². The molecule has 0 fully saturated rings. The lowest BCUT2D eigenvalue weighted by molar-refractivity contribution is -0.132. The van der Waals surface area contributed by atoms with Crippen LogP contribution in [0.15, 0.2) is 24.3 Å². The van der Waals surface area contributed by atoms with Gasteiger partial charge in [-0.3, -0.25) is 4.79 Å². The highest BCUT2D eigenvalue weighted by atomic mass is 16.3. The molecule has 4 atom stereocenters. The number of hydrogen-bond donors (Lipinski definition) is 5. The number of allylic oxidation sites excluding steroid dienone is 4. The van der Waals surface area contributed by atoms with E-state index >= 15 is 0 Å². The van der Waals surface area contributed by atoms with Crippen LogP contribution in [0.3, 0.4) is 0 Å². The molecule has 0 heterocycles. The summed E-state index contributed by atoms with van der Waals surface area (Å²) in [7, 11) is 0. The van der Waals surface area contributed by atoms with Crippen molar-refractivity contribution in [3.05, 3.63) is 24.3 Å². The number of carbonyl (C=O) groups is 1. The van der Waals surface area contributed by atoms with Crippen LogP contribution >= 0.6 is 0 Å². The third-order valence-electron chi connectivity index (χ3n) is 10.4. The van der Waals surface area contributed by atoms with Gasteiger partial charge < -0.3 is 25.7 Å². The first-order valence-electron chi connectivity index (χ1n) is 22.2. The summed E-state index contributed by atoms with van der Waals surface area (Å²) in [4.78, 5) is 12.5. The van der Waals surface area contributed by atoms with Crippen LogP contribution in [0.4, 0.5) is 0 Å². The smallest absolute Gasteiger partial charge is 0.249 e. The largest absolute Gasteiger partial charge is 0.394 e. The van der Waals surface area contributed by atoms with Gasteiger partial charge >= 0.3 is 0 Å². The lowest BCUT2D eigenvalue weighted by atomic mass is 10.00. The molecule has 0 saturated heterocycles. The van der Waals surface area contributed by atoms with Gasteiger partial charge in [-0.25, -0.2) is 0 Å². The first-order valence-corrected chi connectivity index (χ1v) is 22.2. The van der Waals surface area contributed by atoms with Crippen LogP contribution in [0.5, 0.6) is 0 Å². The van der Waals surface area contributed by atoms with Crippen molar-refractivity contribution in [3.8, 4) is 0 Å². The van der Waals surface area contributed by atoms with E-state index in [-0.39, 0.29) is 0 Å². The van der Waals surface area contributed by atoms with Crippen molar-refractivity contribution in [2.24, 2.45) is 0 Å². The highest BCUT2D eigenvalue weighted by molar-refractivity contribution is 5.80. The second-order valence-electron chi connectivity index (χ2n) is 15.4. The minimum atomic E-state index is -1.28. The average Bonchev–Trinajstić information content (AvgIpc) is 3.13. The summed E-state index contributed by atoms with van der Waals surface area (Å²) in [5, 5.41) is 43.5. The molecular formula is C45H87NO5. The first kappa shape index (κ1) is 49.8. The molecule has 4 unspecified atom stereocenters. The Labute approximate surface area is 316 Å². The maximum Gasteiger partial charge on any atom is 0.249 e. The Balaban J connectivity index is 3.70. The summed E-state index contributed by atoms with van der Waals surface area (Å²) in [6, 6.07) is -1.000. The summed E-state index contributed by atoms with van der Waals surface area (Å²) in [6.45, 7) is 4.02. The summed E-state index contributed by atoms with van der Waals surface area (Å²) >= 11 is 0. The maximum absolute atomic E-state index is 12.5. The van der Waals surface area contributed by atoms with E-state index in [4.69, 9.17) is 0 Å². The molecule has 0 aliphatic carbocycles. The zero-order chi connectivity index (χ0) is 37.5. The van der Waals surface area contributed by atoms with Crippen molar-refractivity contribution >= 4 is 5.91 Å². The van der Waals surface area contributed by atoms with E-state index in [9.17, 15) is 25.2 Å². The van der Waals surface area contributed by atoms with Crippen molar-refractivity contribution in [1.82, 2.24) is 5.32 Å². The topological polar surface area (TPSA) is 110 Å². The molecule has 0 bridgehead atoms. The SMILES string of the molecule is CCCCCCCC/C=C/CCCC(O)C(O)C(CO)NC(=O)C(O)CCCCCCCCCC/C=C\CCCCCCCCCCCCCC.